The predicted molar refractivity (Wildman–Crippen MR) is 173 cm³/mol. The van der Waals surface area contributed by atoms with Crippen LogP contribution < -0.4 is 27.5 Å². The third-order valence-electron chi connectivity index (χ3n) is 8.08. The second kappa shape index (κ2) is 19.7. The molecule has 0 aromatic heterocycles. The third kappa shape index (κ3) is 13.8. The van der Waals surface area contributed by atoms with Gasteiger partial charge in [-0.05, 0) is 51.0 Å². The van der Waals surface area contributed by atoms with Crippen LogP contribution in [0, 0.1) is 11.8 Å². The Labute approximate surface area is 276 Å². The van der Waals surface area contributed by atoms with E-state index in [1.54, 1.807) is 13.8 Å². The molecule has 2 unspecified atom stereocenters. The van der Waals surface area contributed by atoms with Gasteiger partial charge in [0.25, 0.3) is 5.91 Å². The maximum Gasteiger partial charge on any atom is 0.326 e. The molecule has 0 saturated heterocycles. The van der Waals surface area contributed by atoms with Gasteiger partial charge in [-0.25, -0.2) is 9.39 Å². The number of hydrogen-bond acceptors (Lipinski definition) is 9. The molecule has 3 amide bonds. The second-order valence-corrected chi connectivity index (χ2v) is 12.6. The number of amides is 3. The molecule has 0 aliphatic rings. The lowest BCUT2D eigenvalue weighted by Gasteiger charge is -2.39. The van der Waals surface area contributed by atoms with Gasteiger partial charge in [-0.2, -0.15) is 5.84 Å². The number of ketones is 1. The molecule has 0 radical (unpaired) electrons. The van der Waals surface area contributed by atoms with Crippen molar-refractivity contribution in [1.82, 2.24) is 16.0 Å². The van der Waals surface area contributed by atoms with Crippen LogP contribution in [0.4, 0.5) is 0 Å². The van der Waals surface area contributed by atoms with E-state index in [2.05, 4.69) is 16.0 Å². The number of carboxylic acid groups (broad SMARTS) is 2. The van der Waals surface area contributed by atoms with E-state index in [9.17, 15) is 39.0 Å². The van der Waals surface area contributed by atoms with Crippen molar-refractivity contribution in [3.8, 4) is 0 Å². The lowest BCUT2D eigenvalue weighted by molar-refractivity contribution is -0.939. The number of nitrogens with one attached hydrogen (secondary N) is 3. The van der Waals surface area contributed by atoms with E-state index < -0.39 is 95.1 Å². The summed E-state index contributed by atoms with van der Waals surface area (Å²) in [5.41, 5.74) is 6.66. The highest BCUT2D eigenvalue weighted by Crippen LogP contribution is 2.23. The number of carbonyl (C=O) groups excluding carboxylic acids is 4. The Bertz CT molecular complexity index is 1210. The molecule has 0 saturated carbocycles. The quantitative estimate of drug-likeness (QED) is 0.0345. The topological polar surface area (TPSA) is 251 Å². The normalized spacial score (nSPS) is 16.4. The van der Waals surface area contributed by atoms with Crippen LogP contribution in [0.15, 0.2) is 30.3 Å². The van der Waals surface area contributed by atoms with Crippen LogP contribution in [0.3, 0.4) is 0 Å². The van der Waals surface area contributed by atoms with Gasteiger partial charge in [0, 0.05) is 6.42 Å². The minimum atomic E-state index is -1.67. The summed E-state index contributed by atoms with van der Waals surface area (Å²) >= 11 is 0. The molecule has 0 aliphatic carbocycles. The number of carboxylic acids is 2. The number of nitrogens with two attached hydrogens (primary N) is 2. The number of quaternary nitrogens is 1. The molecule has 0 fully saturated rings. The summed E-state index contributed by atoms with van der Waals surface area (Å²) in [5.74, 6) is -1.60. The SMILES string of the molecule is CC(C)[C@H](NC(=O)[C@H](C(CC(=O)[C@H](C)NC(=O)[C@H](C)NC(=O)[C@H](N)CO)C(=O)O)[N+](C)(N)CCCCCCc1ccccc1)C(=O)O. The summed E-state index contributed by atoms with van der Waals surface area (Å²) in [6, 6.07) is 3.50. The minimum Gasteiger partial charge on any atom is -0.481 e. The molecular formula is C32H53N6O9+. The minimum absolute atomic E-state index is 0.167. The standard InChI is InChI=1S/C32H52N6O9/c1-19(2)26(32(46)47)37-30(43)27(38(5,34)16-12-7-6-9-13-22-14-10-8-11-15-22)23(31(44)45)17-25(40)20(3)35-28(41)21(4)36-29(42)24(33)18-39/h8,10-11,14-15,19-21,23-24,26-27,39H,6-7,9,12-13,16-18,33-34H2,1-5H3,(H4-,35,36,37,41,42,43,44,45,46,47)/p+1/t20-,21-,23?,24+,26-,27-,38?/m0/s1. The van der Waals surface area contributed by atoms with Crippen molar-refractivity contribution in [2.75, 3.05) is 20.2 Å². The predicted octanol–water partition coefficient (Wildman–Crippen LogP) is -0.307. The van der Waals surface area contributed by atoms with Gasteiger partial charge >= 0.3 is 11.9 Å². The zero-order valence-electron chi connectivity index (χ0n) is 28.0. The summed E-state index contributed by atoms with van der Waals surface area (Å²) in [6.45, 7) is 5.36. The Morgan fingerprint density at radius 1 is 0.787 bits per heavy atom. The molecule has 0 spiro atoms. The van der Waals surface area contributed by atoms with Crippen LogP contribution in [-0.2, 0) is 35.2 Å². The molecule has 0 bridgehead atoms. The highest BCUT2D eigenvalue weighted by molar-refractivity contribution is 5.96. The fourth-order valence-corrected chi connectivity index (χ4v) is 5.15. The number of unbranched alkanes of at least 4 members (excludes halogenated alkanes) is 3. The Kier molecular flexibility index (Phi) is 17.2. The number of carbonyl (C=O) groups is 6. The molecule has 1 aromatic carbocycles. The molecule has 0 heterocycles. The summed E-state index contributed by atoms with van der Waals surface area (Å²) < 4.78 is -0.617. The number of Topliss-reactive ketones (excluding diaryl/α,β-unsaturated/α-hetero) is 1. The van der Waals surface area contributed by atoms with Crippen LogP contribution >= 0.6 is 0 Å². The summed E-state index contributed by atoms with van der Waals surface area (Å²) in [6.07, 6.45) is 3.26. The van der Waals surface area contributed by atoms with Gasteiger partial charge in [0.15, 0.2) is 11.8 Å². The number of aryl methyl sites for hydroxylation is 1. The largest absolute Gasteiger partial charge is 0.481 e. The van der Waals surface area contributed by atoms with Crippen molar-refractivity contribution in [1.29, 1.82) is 0 Å². The van der Waals surface area contributed by atoms with Crippen molar-refractivity contribution in [3.63, 3.8) is 0 Å². The number of rotatable bonds is 22. The smallest absolute Gasteiger partial charge is 0.326 e. The number of nitrogens with zero attached hydrogens (tertiary/aromatic N) is 1. The van der Waals surface area contributed by atoms with Gasteiger partial charge in [-0.1, -0.05) is 50.6 Å². The van der Waals surface area contributed by atoms with E-state index in [1.807, 2.05) is 30.3 Å². The molecule has 15 heteroatoms. The molecule has 15 nitrogen and oxygen atoms in total. The van der Waals surface area contributed by atoms with Gasteiger partial charge in [0.1, 0.15) is 24.0 Å². The lowest BCUT2D eigenvalue weighted by Crippen LogP contribution is -2.68. The zero-order chi connectivity index (χ0) is 35.9. The Morgan fingerprint density at radius 2 is 1.36 bits per heavy atom. The first-order valence-corrected chi connectivity index (χ1v) is 15.9. The van der Waals surface area contributed by atoms with Crippen molar-refractivity contribution >= 4 is 35.4 Å². The van der Waals surface area contributed by atoms with E-state index >= 15 is 0 Å². The van der Waals surface area contributed by atoms with Gasteiger partial charge in [-0.3, -0.25) is 24.0 Å². The van der Waals surface area contributed by atoms with Crippen molar-refractivity contribution in [2.24, 2.45) is 23.4 Å². The summed E-state index contributed by atoms with van der Waals surface area (Å²) in [7, 11) is 1.46. The highest BCUT2D eigenvalue weighted by atomic mass is 16.4. The van der Waals surface area contributed by atoms with Gasteiger partial charge < -0.3 is 37.0 Å². The Morgan fingerprint density at radius 3 is 1.89 bits per heavy atom. The monoisotopic (exact) mass is 665 g/mol. The van der Waals surface area contributed by atoms with Crippen LogP contribution in [0.25, 0.3) is 0 Å². The first-order valence-electron chi connectivity index (χ1n) is 15.9. The average Bonchev–Trinajstić information content (AvgIpc) is 3.00. The highest BCUT2D eigenvalue weighted by Gasteiger charge is 2.48. The Balaban J connectivity index is 3.11. The van der Waals surface area contributed by atoms with Crippen LogP contribution in [0.5, 0.6) is 0 Å². The van der Waals surface area contributed by atoms with Crippen LogP contribution in [0.1, 0.15) is 65.4 Å². The van der Waals surface area contributed by atoms with Gasteiger partial charge in [0.05, 0.1) is 26.2 Å². The fraction of sp³-hybridized carbons (Fsp3) is 0.625. The number of aliphatic hydroxyl groups is 1. The van der Waals surface area contributed by atoms with Crippen molar-refractivity contribution in [2.45, 2.75) is 96.4 Å². The second-order valence-electron chi connectivity index (χ2n) is 12.6. The van der Waals surface area contributed by atoms with Crippen LogP contribution in [-0.4, -0.2) is 106 Å². The first kappa shape index (κ1) is 41.1. The number of hydrogen-bond donors (Lipinski definition) is 8. The molecule has 7 atom stereocenters. The number of likely N-dealkylation sites (N-methyl/N-ethyl adjacent to an activating group) is 1. The van der Waals surface area contributed by atoms with Crippen molar-refractivity contribution in [3.05, 3.63) is 35.9 Å². The third-order valence-corrected chi connectivity index (χ3v) is 8.08. The zero-order valence-corrected chi connectivity index (χ0v) is 28.0. The number of benzene rings is 1. The van der Waals surface area contributed by atoms with E-state index in [0.717, 1.165) is 25.7 Å². The van der Waals surface area contributed by atoms with Crippen molar-refractivity contribution < 1.29 is 48.7 Å². The lowest BCUT2D eigenvalue weighted by atomic mass is 9.89. The molecule has 1 aromatic rings. The molecule has 1 rings (SSSR count). The number of aliphatic hydroxyl groups excluding tert-OH is 1. The first-order chi connectivity index (χ1) is 21.9. The fourth-order valence-electron chi connectivity index (χ4n) is 5.15. The number of aliphatic carboxylic acids is 2. The maximum atomic E-state index is 13.7. The average molecular weight is 666 g/mol. The van der Waals surface area contributed by atoms with Gasteiger partial charge in [0.2, 0.25) is 11.8 Å². The van der Waals surface area contributed by atoms with E-state index in [1.165, 1.54) is 26.5 Å². The van der Waals surface area contributed by atoms with Gasteiger partial charge in [-0.15, -0.1) is 0 Å². The Hall–Kier alpha value is -3.92. The molecule has 47 heavy (non-hydrogen) atoms. The molecule has 264 valence electrons. The van der Waals surface area contributed by atoms with Crippen LogP contribution in [0.2, 0.25) is 0 Å². The summed E-state index contributed by atoms with van der Waals surface area (Å²) in [4.78, 5) is 75.9. The van der Waals surface area contributed by atoms with E-state index in [0.29, 0.717) is 6.42 Å². The molecule has 0 aliphatic heterocycles. The maximum absolute atomic E-state index is 13.7. The molecule has 10 N–H and O–H groups in total. The summed E-state index contributed by atoms with van der Waals surface area (Å²) in [5, 5.41) is 36.1. The van der Waals surface area contributed by atoms with E-state index in [-0.39, 0.29) is 6.54 Å². The van der Waals surface area contributed by atoms with E-state index in [4.69, 9.17) is 16.7 Å². The molecular weight excluding hydrogens is 612 g/mol.